The number of guanidine groups is 1. The summed E-state index contributed by atoms with van der Waals surface area (Å²) in [6, 6.07) is 0. The zero-order valence-electron chi connectivity index (χ0n) is 14.6. The van der Waals surface area contributed by atoms with Crippen LogP contribution in [0, 0.1) is 11.3 Å². The number of aliphatic imine (C=N–C) groups is 1. The molecule has 2 aliphatic carbocycles. The Bertz CT molecular complexity index is 333. The molecule has 2 aliphatic rings. The Balaban J connectivity index is 1.60. The summed E-state index contributed by atoms with van der Waals surface area (Å²) < 4.78 is 5.26. The van der Waals surface area contributed by atoms with E-state index < -0.39 is 0 Å². The van der Waals surface area contributed by atoms with Crippen molar-refractivity contribution in [3.8, 4) is 0 Å². The lowest BCUT2D eigenvalue weighted by molar-refractivity contribution is 0.0732. The lowest BCUT2D eigenvalue weighted by Gasteiger charge is -2.42. The SMILES string of the molecule is CN=C(NCCCC1CCCC1)NCC1(CCOC)CCC1. The normalized spacial score (nSPS) is 21.6. The van der Waals surface area contributed by atoms with Crippen LogP contribution in [0.2, 0.25) is 0 Å². The quantitative estimate of drug-likeness (QED) is 0.390. The van der Waals surface area contributed by atoms with Crippen LogP contribution in [0.25, 0.3) is 0 Å². The predicted octanol–water partition coefficient (Wildman–Crippen LogP) is 3.33. The van der Waals surface area contributed by atoms with Crippen LogP contribution >= 0.6 is 0 Å². The van der Waals surface area contributed by atoms with Crippen LogP contribution in [0.3, 0.4) is 0 Å². The van der Waals surface area contributed by atoms with E-state index in [-0.39, 0.29) is 0 Å². The van der Waals surface area contributed by atoms with Gasteiger partial charge in [-0.2, -0.15) is 0 Å². The zero-order chi connectivity index (χ0) is 15.7. The Morgan fingerprint density at radius 1 is 1.18 bits per heavy atom. The van der Waals surface area contributed by atoms with E-state index in [1.807, 2.05) is 7.05 Å². The van der Waals surface area contributed by atoms with Gasteiger partial charge in [-0.05, 0) is 43.4 Å². The molecule has 0 heterocycles. The maximum atomic E-state index is 5.26. The van der Waals surface area contributed by atoms with Crippen LogP contribution in [-0.2, 0) is 4.74 Å². The molecule has 128 valence electrons. The summed E-state index contributed by atoms with van der Waals surface area (Å²) in [6.07, 6.45) is 13.6. The third-order valence-corrected chi connectivity index (χ3v) is 5.66. The van der Waals surface area contributed by atoms with Gasteiger partial charge < -0.3 is 15.4 Å². The zero-order valence-corrected chi connectivity index (χ0v) is 14.6. The van der Waals surface area contributed by atoms with Gasteiger partial charge in [-0.1, -0.05) is 32.1 Å². The van der Waals surface area contributed by atoms with Crippen molar-refractivity contribution >= 4 is 5.96 Å². The minimum absolute atomic E-state index is 0.442. The van der Waals surface area contributed by atoms with E-state index in [0.717, 1.165) is 38.0 Å². The maximum Gasteiger partial charge on any atom is 0.190 e. The molecule has 0 radical (unpaired) electrons. The van der Waals surface area contributed by atoms with Crippen LogP contribution in [0.1, 0.15) is 64.2 Å². The highest BCUT2D eigenvalue weighted by Crippen LogP contribution is 2.43. The van der Waals surface area contributed by atoms with E-state index in [4.69, 9.17) is 4.74 Å². The highest BCUT2D eigenvalue weighted by Gasteiger charge is 2.36. The Kier molecular flexibility index (Phi) is 7.50. The standard InChI is InChI=1S/C18H35N3O/c1-19-17(20-13-5-9-16-7-3-4-8-16)21-15-18(10-6-11-18)12-14-22-2/h16H,3-15H2,1-2H3,(H2,19,20,21). The lowest BCUT2D eigenvalue weighted by Crippen LogP contribution is -2.47. The van der Waals surface area contributed by atoms with Gasteiger partial charge in [0, 0.05) is 33.9 Å². The number of rotatable bonds is 9. The topological polar surface area (TPSA) is 45.7 Å². The summed E-state index contributed by atoms with van der Waals surface area (Å²) in [5, 5.41) is 7.01. The van der Waals surface area contributed by atoms with Crippen LogP contribution in [0.5, 0.6) is 0 Å². The molecule has 0 aromatic carbocycles. The van der Waals surface area contributed by atoms with E-state index in [2.05, 4.69) is 15.6 Å². The molecule has 0 bridgehead atoms. The molecule has 22 heavy (non-hydrogen) atoms. The van der Waals surface area contributed by atoms with Crippen molar-refractivity contribution in [1.82, 2.24) is 10.6 Å². The first-order valence-corrected chi connectivity index (χ1v) is 9.21. The number of nitrogens with one attached hydrogen (secondary N) is 2. The van der Waals surface area contributed by atoms with E-state index in [0.29, 0.717) is 5.41 Å². The van der Waals surface area contributed by atoms with E-state index in [1.54, 1.807) is 7.11 Å². The number of hydrogen-bond donors (Lipinski definition) is 2. The molecule has 2 rings (SSSR count). The molecule has 0 amide bonds. The van der Waals surface area contributed by atoms with E-state index in [9.17, 15) is 0 Å². The van der Waals surface area contributed by atoms with Gasteiger partial charge in [-0.3, -0.25) is 4.99 Å². The van der Waals surface area contributed by atoms with Gasteiger partial charge in [0.2, 0.25) is 0 Å². The van der Waals surface area contributed by atoms with Gasteiger partial charge in [-0.15, -0.1) is 0 Å². The lowest BCUT2D eigenvalue weighted by atomic mass is 9.67. The molecule has 0 atom stereocenters. The van der Waals surface area contributed by atoms with Gasteiger partial charge >= 0.3 is 0 Å². The Morgan fingerprint density at radius 3 is 2.55 bits per heavy atom. The fourth-order valence-corrected chi connectivity index (χ4v) is 3.90. The Hall–Kier alpha value is -0.770. The predicted molar refractivity (Wildman–Crippen MR) is 93.3 cm³/mol. The molecule has 2 N–H and O–H groups in total. The van der Waals surface area contributed by atoms with Crippen LogP contribution in [0.4, 0.5) is 0 Å². The van der Waals surface area contributed by atoms with Gasteiger partial charge in [-0.25, -0.2) is 0 Å². The first-order chi connectivity index (χ1) is 10.8. The molecular weight excluding hydrogens is 274 g/mol. The van der Waals surface area contributed by atoms with Crippen molar-refractivity contribution in [1.29, 1.82) is 0 Å². The third-order valence-electron chi connectivity index (χ3n) is 5.66. The minimum Gasteiger partial charge on any atom is -0.385 e. The van der Waals surface area contributed by atoms with Crippen molar-refractivity contribution in [3.05, 3.63) is 0 Å². The van der Waals surface area contributed by atoms with Crippen molar-refractivity contribution in [2.45, 2.75) is 64.2 Å². The maximum absolute atomic E-state index is 5.26. The fraction of sp³-hybridized carbons (Fsp3) is 0.944. The number of ether oxygens (including phenoxy) is 1. The fourth-order valence-electron chi connectivity index (χ4n) is 3.90. The average Bonchev–Trinajstić information content (AvgIpc) is 3.01. The van der Waals surface area contributed by atoms with Gasteiger partial charge in [0.15, 0.2) is 5.96 Å². The molecular formula is C18H35N3O. The highest BCUT2D eigenvalue weighted by molar-refractivity contribution is 5.79. The molecule has 0 spiro atoms. The Morgan fingerprint density at radius 2 is 1.95 bits per heavy atom. The summed E-state index contributed by atoms with van der Waals surface area (Å²) in [5.74, 6) is 1.96. The van der Waals surface area contributed by atoms with Crippen molar-refractivity contribution in [2.24, 2.45) is 16.3 Å². The summed E-state index contributed by atoms with van der Waals surface area (Å²) in [4.78, 5) is 4.36. The molecule has 2 saturated carbocycles. The van der Waals surface area contributed by atoms with Gasteiger partial charge in [0.1, 0.15) is 0 Å². The summed E-state index contributed by atoms with van der Waals surface area (Å²) in [6.45, 7) is 2.94. The molecule has 4 nitrogen and oxygen atoms in total. The molecule has 0 saturated heterocycles. The molecule has 4 heteroatoms. The summed E-state index contributed by atoms with van der Waals surface area (Å²) in [5.41, 5.74) is 0.442. The number of methoxy groups -OCH3 is 1. The molecule has 0 unspecified atom stereocenters. The largest absolute Gasteiger partial charge is 0.385 e. The second kappa shape index (κ2) is 9.39. The smallest absolute Gasteiger partial charge is 0.190 e. The van der Waals surface area contributed by atoms with Crippen LogP contribution in [-0.4, -0.2) is 39.8 Å². The van der Waals surface area contributed by atoms with E-state index in [1.165, 1.54) is 57.8 Å². The van der Waals surface area contributed by atoms with Crippen molar-refractivity contribution in [2.75, 3.05) is 33.9 Å². The second-order valence-electron chi connectivity index (χ2n) is 7.24. The monoisotopic (exact) mass is 309 g/mol. The van der Waals surface area contributed by atoms with Gasteiger partial charge in [0.25, 0.3) is 0 Å². The first-order valence-electron chi connectivity index (χ1n) is 9.21. The second-order valence-corrected chi connectivity index (χ2v) is 7.24. The van der Waals surface area contributed by atoms with Gasteiger partial charge in [0.05, 0.1) is 0 Å². The van der Waals surface area contributed by atoms with E-state index >= 15 is 0 Å². The summed E-state index contributed by atoms with van der Waals surface area (Å²) in [7, 11) is 3.67. The highest BCUT2D eigenvalue weighted by atomic mass is 16.5. The Labute approximate surface area is 136 Å². The minimum atomic E-state index is 0.442. The van der Waals surface area contributed by atoms with Crippen LogP contribution < -0.4 is 10.6 Å². The number of hydrogen-bond acceptors (Lipinski definition) is 2. The average molecular weight is 309 g/mol. The molecule has 0 aliphatic heterocycles. The van der Waals surface area contributed by atoms with Crippen molar-refractivity contribution in [3.63, 3.8) is 0 Å². The molecule has 0 aromatic heterocycles. The van der Waals surface area contributed by atoms with Crippen molar-refractivity contribution < 1.29 is 4.74 Å². The third kappa shape index (κ3) is 5.45. The molecule has 2 fully saturated rings. The molecule has 0 aromatic rings. The summed E-state index contributed by atoms with van der Waals surface area (Å²) >= 11 is 0. The first kappa shape index (κ1) is 17.6. The van der Waals surface area contributed by atoms with Crippen LogP contribution in [0.15, 0.2) is 4.99 Å². The number of nitrogens with zero attached hydrogens (tertiary/aromatic N) is 1.